The molecule has 3 nitrogen and oxygen atoms in total. The highest BCUT2D eigenvalue weighted by atomic mass is 32.2. The van der Waals surface area contributed by atoms with E-state index in [4.69, 9.17) is 5.26 Å². The summed E-state index contributed by atoms with van der Waals surface area (Å²) in [6.45, 7) is 2.01. The minimum atomic E-state index is 0.0644. The van der Waals surface area contributed by atoms with Crippen LogP contribution >= 0.6 is 11.8 Å². The molecule has 2 rings (SSSR count). The molecule has 2 aromatic carbocycles. The van der Waals surface area contributed by atoms with Crippen LogP contribution in [0.25, 0.3) is 0 Å². The van der Waals surface area contributed by atoms with E-state index in [0.29, 0.717) is 12.0 Å². The summed E-state index contributed by atoms with van der Waals surface area (Å²) in [6, 6.07) is 17.6. The minimum Gasteiger partial charge on any atom is -0.326 e. The van der Waals surface area contributed by atoms with E-state index in [-0.39, 0.29) is 5.91 Å². The number of benzene rings is 2. The molecule has 0 unspecified atom stereocenters. The quantitative estimate of drug-likeness (QED) is 0.762. The fraction of sp³-hybridized carbons (Fsp3) is 0.263. The predicted octanol–water partition coefficient (Wildman–Crippen LogP) is 4.52. The third kappa shape index (κ3) is 6.17. The molecule has 4 heteroatoms. The van der Waals surface area contributed by atoms with Gasteiger partial charge in [0, 0.05) is 17.9 Å². The molecule has 118 valence electrons. The first-order valence-electron chi connectivity index (χ1n) is 7.60. The summed E-state index contributed by atoms with van der Waals surface area (Å²) in [5, 5.41) is 11.7. The lowest BCUT2D eigenvalue weighted by molar-refractivity contribution is -0.116. The predicted molar refractivity (Wildman–Crippen MR) is 96.4 cm³/mol. The highest BCUT2D eigenvalue weighted by molar-refractivity contribution is 7.98. The topological polar surface area (TPSA) is 52.9 Å². The van der Waals surface area contributed by atoms with Gasteiger partial charge in [-0.05, 0) is 54.5 Å². The SMILES string of the molecule is Cc1cccc(NC(=O)CCCSCc2ccc(C#N)cc2)c1. The van der Waals surface area contributed by atoms with Gasteiger partial charge in [0.05, 0.1) is 11.6 Å². The van der Waals surface area contributed by atoms with E-state index >= 15 is 0 Å². The summed E-state index contributed by atoms with van der Waals surface area (Å²) >= 11 is 1.81. The Balaban J connectivity index is 1.63. The van der Waals surface area contributed by atoms with Crippen molar-refractivity contribution in [2.75, 3.05) is 11.1 Å². The number of thioether (sulfide) groups is 1. The van der Waals surface area contributed by atoms with Crippen LogP contribution in [-0.2, 0) is 10.5 Å². The molecule has 1 amide bonds. The largest absolute Gasteiger partial charge is 0.326 e. The van der Waals surface area contributed by atoms with Crippen LogP contribution in [0.2, 0.25) is 0 Å². The van der Waals surface area contributed by atoms with Crippen LogP contribution in [0.4, 0.5) is 5.69 Å². The number of anilines is 1. The normalized spacial score (nSPS) is 10.1. The van der Waals surface area contributed by atoms with E-state index in [2.05, 4.69) is 11.4 Å². The molecular weight excluding hydrogens is 304 g/mol. The van der Waals surface area contributed by atoms with Crippen molar-refractivity contribution in [3.05, 3.63) is 65.2 Å². The summed E-state index contributed by atoms with van der Waals surface area (Å²) in [5.41, 5.74) is 3.89. The van der Waals surface area contributed by atoms with E-state index in [1.807, 2.05) is 67.2 Å². The number of nitrogens with zero attached hydrogens (tertiary/aromatic N) is 1. The van der Waals surface area contributed by atoms with Crippen molar-refractivity contribution in [1.82, 2.24) is 0 Å². The van der Waals surface area contributed by atoms with Crippen LogP contribution in [0.15, 0.2) is 48.5 Å². The molecule has 0 radical (unpaired) electrons. The molecule has 0 aliphatic carbocycles. The average Bonchev–Trinajstić information content (AvgIpc) is 2.55. The molecule has 0 atom stereocenters. The number of nitriles is 1. The van der Waals surface area contributed by atoms with E-state index < -0.39 is 0 Å². The average molecular weight is 324 g/mol. The highest BCUT2D eigenvalue weighted by Crippen LogP contribution is 2.15. The number of hydrogen-bond donors (Lipinski definition) is 1. The summed E-state index contributed by atoms with van der Waals surface area (Å²) < 4.78 is 0. The Labute approximate surface area is 141 Å². The van der Waals surface area contributed by atoms with Gasteiger partial charge in [0.1, 0.15) is 0 Å². The number of rotatable bonds is 7. The van der Waals surface area contributed by atoms with Gasteiger partial charge in [-0.3, -0.25) is 4.79 Å². The number of carbonyl (C=O) groups excluding carboxylic acids is 1. The highest BCUT2D eigenvalue weighted by Gasteiger charge is 2.02. The third-order valence-corrected chi connectivity index (χ3v) is 4.46. The lowest BCUT2D eigenvalue weighted by atomic mass is 10.2. The van der Waals surface area contributed by atoms with Gasteiger partial charge in [-0.1, -0.05) is 24.3 Å². The van der Waals surface area contributed by atoms with Crippen LogP contribution in [0.1, 0.15) is 29.5 Å². The van der Waals surface area contributed by atoms with Gasteiger partial charge in [0.15, 0.2) is 0 Å². The smallest absolute Gasteiger partial charge is 0.224 e. The maximum atomic E-state index is 11.9. The van der Waals surface area contributed by atoms with E-state index in [0.717, 1.165) is 29.2 Å². The molecule has 1 N–H and O–H groups in total. The Hall–Kier alpha value is -2.25. The van der Waals surface area contributed by atoms with Gasteiger partial charge in [0.25, 0.3) is 0 Å². The van der Waals surface area contributed by atoms with Gasteiger partial charge in [-0.25, -0.2) is 0 Å². The maximum Gasteiger partial charge on any atom is 0.224 e. The minimum absolute atomic E-state index is 0.0644. The Kier molecular flexibility index (Phi) is 6.71. The summed E-state index contributed by atoms with van der Waals surface area (Å²) in [6.07, 6.45) is 1.40. The summed E-state index contributed by atoms with van der Waals surface area (Å²) in [5.74, 6) is 1.92. The van der Waals surface area contributed by atoms with Crippen molar-refractivity contribution in [3.63, 3.8) is 0 Å². The van der Waals surface area contributed by atoms with Crippen molar-refractivity contribution in [2.45, 2.75) is 25.5 Å². The number of nitrogens with one attached hydrogen (secondary N) is 1. The molecule has 0 saturated heterocycles. The van der Waals surface area contributed by atoms with Crippen LogP contribution in [-0.4, -0.2) is 11.7 Å². The zero-order valence-electron chi connectivity index (χ0n) is 13.2. The summed E-state index contributed by atoms with van der Waals surface area (Å²) in [7, 11) is 0. The first-order valence-corrected chi connectivity index (χ1v) is 8.76. The molecule has 2 aromatic rings. The van der Waals surface area contributed by atoms with Crippen LogP contribution < -0.4 is 5.32 Å². The molecule has 0 aromatic heterocycles. The molecule has 0 bridgehead atoms. The Morgan fingerprint density at radius 3 is 2.70 bits per heavy atom. The molecule has 0 spiro atoms. The first kappa shape index (κ1) is 17.1. The van der Waals surface area contributed by atoms with Crippen molar-refractivity contribution >= 4 is 23.4 Å². The number of hydrogen-bond acceptors (Lipinski definition) is 3. The van der Waals surface area contributed by atoms with Crippen LogP contribution in [0.3, 0.4) is 0 Å². The lowest BCUT2D eigenvalue weighted by Crippen LogP contribution is -2.11. The third-order valence-electron chi connectivity index (χ3n) is 3.35. The molecule has 0 aliphatic heterocycles. The Bertz CT molecular complexity index is 689. The number of aryl methyl sites for hydroxylation is 1. The van der Waals surface area contributed by atoms with Crippen molar-refractivity contribution < 1.29 is 4.79 Å². The molecule has 0 aliphatic rings. The van der Waals surface area contributed by atoms with E-state index in [9.17, 15) is 4.79 Å². The van der Waals surface area contributed by atoms with Gasteiger partial charge >= 0.3 is 0 Å². The fourth-order valence-corrected chi connectivity index (χ4v) is 3.07. The van der Waals surface area contributed by atoms with Gasteiger partial charge < -0.3 is 5.32 Å². The number of amides is 1. The van der Waals surface area contributed by atoms with Crippen LogP contribution in [0.5, 0.6) is 0 Å². The monoisotopic (exact) mass is 324 g/mol. The van der Waals surface area contributed by atoms with Crippen LogP contribution in [0, 0.1) is 18.3 Å². The molecule has 0 saturated carbocycles. The molecule has 0 fully saturated rings. The molecule has 0 heterocycles. The standard InChI is InChI=1S/C19H20N2OS/c1-15-4-2-5-18(12-15)21-19(22)6-3-11-23-14-17-9-7-16(13-20)8-10-17/h2,4-5,7-10,12H,3,6,11,14H2,1H3,(H,21,22). The molecular formula is C19H20N2OS. The fourth-order valence-electron chi connectivity index (χ4n) is 2.15. The second-order valence-corrected chi connectivity index (χ2v) is 6.49. The van der Waals surface area contributed by atoms with E-state index in [1.165, 1.54) is 5.56 Å². The van der Waals surface area contributed by atoms with Crippen molar-refractivity contribution in [1.29, 1.82) is 5.26 Å². The maximum absolute atomic E-state index is 11.9. The first-order chi connectivity index (χ1) is 11.2. The number of carbonyl (C=O) groups is 1. The second-order valence-electron chi connectivity index (χ2n) is 5.38. The van der Waals surface area contributed by atoms with Gasteiger partial charge in [0.2, 0.25) is 5.91 Å². The van der Waals surface area contributed by atoms with Gasteiger partial charge in [-0.15, -0.1) is 0 Å². The Morgan fingerprint density at radius 1 is 1.22 bits per heavy atom. The van der Waals surface area contributed by atoms with Crippen molar-refractivity contribution in [3.8, 4) is 6.07 Å². The van der Waals surface area contributed by atoms with Gasteiger partial charge in [-0.2, -0.15) is 17.0 Å². The van der Waals surface area contributed by atoms with Crippen molar-refractivity contribution in [2.24, 2.45) is 0 Å². The van der Waals surface area contributed by atoms with E-state index in [1.54, 1.807) is 0 Å². The zero-order valence-corrected chi connectivity index (χ0v) is 14.0. The Morgan fingerprint density at radius 2 is 2.00 bits per heavy atom. The zero-order chi connectivity index (χ0) is 16.5. The lowest BCUT2D eigenvalue weighted by Gasteiger charge is -2.06. The molecule has 23 heavy (non-hydrogen) atoms. The second kappa shape index (κ2) is 9.02. The summed E-state index contributed by atoms with van der Waals surface area (Å²) in [4.78, 5) is 11.9.